The molecule has 0 spiro atoms. The molecule has 0 aliphatic carbocycles. The molecule has 0 N–H and O–H groups in total. The zero-order valence-corrected chi connectivity index (χ0v) is 9.97. The van der Waals surface area contributed by atoms with E-state index in [1.807, 2.05) is 26.0 Å². The number of aromatic nitrogens is 3. The number of esters is 1. The van der Waals surface area contributed by atoms with E-state index in [9.17, 15) is 4.79 Å². The summed E-state index contributed by atoms with van der Waals surface area (Å²) in [7, 11) is 1.32. The van der Waals surface area contributed by atoms with Crippen molar-refractivity contribution < 1.29 is 9.53 Å². The van der Waals surface area contributed by atoms with Crippen LogP contribution in [0.5, 0.6) is 0 Å². The quantitative estimate of drug-likeness (QED) is 0.738. The van der Waals surface area contributed by atoms with Crippen LogP contribution in [-0.4, -0.2) is 28.1 Å². The molecule has 0 radical (unpaired) electrons. The minimum atomic E-state index is -0.486. The summed E-state index contributed by atoms with van der Waals surface area (Å²) >= 11 is 0. The van der Waals surface area contributed by atoms with Crippen molar-refractivity contribution in [2.75, 3.05) is 7.11 Å². The van der Waals surface area contributed by atoms with Gasteiger partial charge in [0, 0.05) is 0 Å². The Morgan fingerprint density at radius 2 is 1.88 bits per heavy atom. The fraction of sp³-hybridized carbons (Fsp3) is 0.250. The standard InChI is InChI=1S/C12H13N3O2/c1-8-4-9(2)6-10(5-8)15-7-11(13-14-15)12(16)17-3/h4-7H,1-3H3. The Bertz CT molecular complexity index is 540. The number of hydrogen-bond acceptors (Lipinski definition) is 4. The summed E-state index contributed by atoms with van der Waals surface area (Å²) in [4.78, 5) is 11.3. The molecule has 5 nitrogen and oxygen atoms in total. The molecule has 5 heteroatoms. The second kappa shape index (κ2) is 4.37. The van der Waals surface area contributed by atoms with E-state index in [4.69, 9.17) is 0 Å². The lowest BCUT2D eigenvalue weighted by Crippen LogP contribution is -2.01. The van der Waals surface area contributed by atoms with Gasteiger partial charge in [0.15, 0.2) is 5.69 Å². The summed E-state index contributed by atoms with van der Waals surface area (Å²) < 4.78 is 6.14. The number of hydrogen-bond donors (Lipinski definition) is 0. The van der Waals surface area contributed by atoms with Crippen LogP contribution < -0.4 is 0 Å². The van der Waals surface area contributed by atoms with Gasteiger partial charge >= 0.3 is 5.97 Å². The summed E-state index contributed by atoms with van der Waals surface area (Å²) in [6.45, 7) is 4.02. The van der Waals surface area contributed by atoms with Gasteiger partial charge in [-0.15, -0.1) is 5.10 Å². The second-order valence-electron chi connectivity index (χ2n) is 3.89. The van der Waals surface area contributed by atoms with Crippen molar-refractivity contribution in [3.05, 3.63) is 41.2 Å². The number of nitrogens with zero attached hydrogens (tertiary/aromatic N) is 3. The third kappa shape index (κ3) is 2.33. The number of aryl methyl sites for hydroxylation is 2. The Kier molecular flexibility index (Phi) is 2.91. The molecule has 1 heterocycles. The molecule has 0 saturated carbocycles. The van der Waals surface area contributed by atoms with E-state index in [0.29, 0.717) is 0 Å². The molecule has 1 aromatic carbocycles. The number of ether oxygens (including phenoxy) is 1. The highest BCUT2D eigenvalue weighted by molar-refractivity contribution is 5.86. The highest BCUT2D eigenvalue weighted by Crippen LogP contribution is 2.12. The normalized spacial score (nSPS) is 10.3. The topological polar surface area (TPSA) is 57.0 Å². The first-order chi connectivity index (χ1) is 8.10. The van der Waals surface area contributed by atoms with E-state index in [-0.39, 0.29) is 5.69 Å². The van der Waals surface area contributed by atoms with Gasteiger partial charge in [-0.25, -0.2) is 9.48 Å². The van der Waals surface area contributed by atoms with Crippen LogP contribution in [-0.2, 0) is 4.74 Å². The third-order valence-electron chi connectivity index (χ3n) is 2.36. The molecule has 2 aromatic rings. The van der Waals surface area contributed by atoms with Crippen molar-refractivity contribution in [2.24, 2.45) is 0 Å². The lowest BCUT2D eigenvalue weighted by Gasteiger charge is -2.03. The van der Waals surface area contributed by atoms with E-state index in [0.717, 1.165) is 16.8 Å². The molecule has 0 saturated heterocycles. The summed E-state index contributed by atoms with van der Waals surface area (Å²) in [5.74, 6) is -0.486. The molecule has 0 amide bonds. The Labute approximate surface area is 99.0 Å². The number of rotatable bonds is 2. The lowest BCUT2D eigenvalue weighted by molar-refractivity contribution is 0.0594. The minimum absolute atomic E-state index is 0.201. The van der Waals surface area contributed by atoms with E-state index >= 15 is 0 Å². The van der Waals surface area contributed by atoms with Crippen molar-refractivity contribution in [1.82, 2.24) is 15.0 Å². The Morgan fingerprint density at radius 3 is 2.47 bits per heavy atom. The maximum atomic E-state index is 11.3. The van der Waals surface area contributed by atoms with Crippen molar-refractivity contribution >= 4 is 5.97 Å². The SMILES string of the molecule is COC(=O)c1cn(-c2cc(C)cc(C)c2)nn1. The van der Waals surface area contributed by atoms with Gasteiger partial charge in [0.2, 0.25) is 0 Å². The monoisotopic (exact) mass is 231 g/mol. The molecule has 0 bridgehead atoms. The average Bonchev–Trinajstić information content (AvgIpc) is 2.76. The molecule has 0 unspecified atom stereocenters. The highest BCUT2D eigenvalue weighted by atomic mass is 16.5. The number of benzene rings is 1. The molecule has 88 valence electrons. The largest absolute Gasteiger partial charge is 0.464 e. The molecule has 0 fully saturated rings. The van der Waals surface area contributed by atoms with Crippen LogP contribution in [0.25, 0.3) is 5.69 Å². The molecule has 0 atom stereocenters. The van der Waals surface area contributed by atoms with Crippen molar-refractivity contribution in [1.29, 1.82) is 0 Å². The van der Waals surface area contributed by atoms with Gasteiger partial charge in [0.05, 0.1) is 19.0 Å². The van der Waals surface area contributed by atoms with Gasteiger partial charge in [0.1, 0.15) is 0 Å². The predicted octanol–water partition coefficient (Wildman–Crippen LogP) is 1.67. The Hall–Kier alpha value is -2.17. The van der Waals surface area contributed by atoms with Crippen molar-refractivity contribution in [2.45, 2.75) is 13.8 Å². The zero-order chi connectivity index (χ0) is 12.4. The molecular formula is C12H13N3O2. The van der Waals surface area contributed by atoms with Gasteiger partial charge in [0.25, 0.3) is 0 Å². The maximum Gasteiger partial charge on any atom is 0.360 e. The van der Waals surface area contributed by atoms with E-state index < -0.39 is 5.97 Å². The summed E-state index contributed by atoms with van der Waals surface area (Å²) in [6.07, 6.45) is 1.56. The molecule has 1 aromatic heterocycles. The summed E-state index contributed by atoms with van der Waals surface area (Å²) in [6, 6.07) is 6.02. The fourth-order valence-corrected chi connectivity index (χ4v) is 1.67. The molecule has 0 aliphatic heterocycles. The van der Waals surface area contributed by atoms with Gasteiger partial charge in [-0.2, -0.15) is 0 Å². The highest BCUT2D eigenvalue weighted by Gasteiger charge is 2.11. The van der Waals surface area contributed by atoms with E-state index in [2.05, 4.69) is 21.1 Å². The summed E-state index contributed by atoms with van der Waals surface area (Å²) in [5, 5.41) is 7.66. The van der Waals surface area contributed by atoms with Crippen LogP contribution >= 0.6 is 0 Å². The van der Waals surface area contributed by atoms with E-state index in [1.165, 1.54) is 7.11 Å². The molecular weight excluding hydrogens is 218 g/mol. The molecule has 17 heavy (non-hydrogen) atoms. The predicted molar refractivity (Wildman–Crippen MR) is 62.2 cm³/mol. The minimum Gasteiger partial charge on any atom is -0.464 e. The second-order valence-corrected chi connectivity index (χ2v) is 3.89. The average molecular weight is 231 g/mol. The lowest BCUT2D eigenvalue weighted by atomic mass is 10.1. The van der Waals surface area contributed by atoms with Crippen LogP contribution in [0, 0.1) is 13.8 Å². The van der Waals surface area contributed by atoms with Crippen molar-refractivity contribution in [3.8, 4) is 5.69 Å². The van der Waals surface area contributed by atoms with Gasteiger partial charge in [-0.1, -0.05) is 11.3 Å². The fourth-order valence-electron chi connectivity index (χ4n) is 1.67. The van der Waals surface area contributed by atoms with Gasteiger partial charge < -0.3 is 4.74 Å². The van der Waals surface area contributed by atoms with Gasteiger partial charge in [-0.3, -0.25) is 0 Å². The molecule has 2 rings (SSSR count). The first-order valence-corrected chi connectivity index (χ1v) is 5.19. The zero-order valence-electron chi connectivity index (χ0n) is 9.97. The Balaban J connectivity index is 2.40. The van der Waals surface area contributed by atoms with Crippen LogP contribution in [0.1, 0.15) is 21.6 Å². The van der Waals surface area contributed by atoms with Gasteiger partial charge in [-0.05, 0) is 37.1 Å². The Morgan fingerprint density at radius 1 is 1.24 bits per heavy atom. The first kappa shape index (κ1) is 11.3. The van der Waals surface area contributed by atoms with E-state index in [1.54, 1.807) is 10.9 Å². The first-order valence-electron chi connectivity index (χ1n) is 5.19. The van der Waals surface area contributed by atoms with Crippen LogP contribution in [0.2, 0.25) is 0 Å². The maximum absolute atomic E-state index is 11.3. The smallest absolute Gasteiger partial charge is 0.360 e. The molecule has 0 aliphatic rings. The third-order valence-corrected chi connectivity index (χ3v) is 2.36. The summed E-state index contributed by atoms with van der Waals surface area (Å²) in [5.41, 5.74) is 3.35. The van der Waals surface area contributed by atoms with Crippen LogP contribution in [0.4, 0.5) is 0 Å². The van der Waals surface area contributed by atoms with Crippen molar-refractivity contribution in [3.63, 3.8) is 0 Å². The number of carbonyl (C=O) groups excluding carboxylic acids is 1. The van der Waals surface area contributed by atoms with Crippen LogP contribution in [0.3, 0.4) is 0 Å². The van der Waals surface area contributed by atoms with Crippen LogP contribution in [0.15, 0.2) is 24.4 Å². The number of methoxy groups -OCH3 is 1. The number of carbonyl (C=O) groups is 1.